The molecule has 0 amide bonds. The molecule has 0 radical (unpaired) electrons. The molecule has 0 atom stereocenters. The summed E-state index contributed by atoms with van der Waals surface area (Å²) in [5, 5.41) is 8.14. The largest absolute Gasteiger partial charge is 0.481 e. The monoisotopic (exact) mass is 216 g/mol. The Kier molecular flexibility index (Phi) is 33.8. The van der Waals surface area contributed by atoms with Gasteiger partial charge in [0, 0.05) is 25.9 Å². The summed E-state index contributed by atoms with van der Waals surface area (Å²) in [6.07, 6.45) is 3.28. The summed E-state index contributed by atoms with van der Waals surface area (Å²) in [6.45, 7) is 2.06. The molecule has 0 aliphatic carbocycles. The Morgan fingerprint density at radius 3 is 2.00 bits per heavy atom. The van der Waals surface area contributed by atoms with Gasteiger partial charge in [-0.25, -0.2) is 0 Å². The number of hydrogen-bond acceptors (Lipinski definition) is 1. The second-order valence-corrected chi connectivity index (χ2v) is 1.85. The standard InChI is InChI=1S/C6H12O2.2H2O.Zn/c1-2-3-4-5-6(7)8;;;/h2-5H2,1H3,(H,7,8);2*1H2;. The van der Waals surface area contributed by atoms with Crippen LogP contribution in [0.5, 0.6) is 0 Å². The summed E-state index contributed by atoms with van der Waals surface area (Å²) in [6, 6.07) is 0. The van der Waals surface area contributed by atoms with Crippen LogP contribution < -0.4 is 0 Å². The average Bonchev–Trinajstić information content (AvgIpc) is 1.66. The first-order valence-electron chi connectivity index (χ1n) is 2.99. The van der Waals surface area contributed by atoms with E-state index in [9.17, 15) is 4.79 Å². The summed E-state index contributed by atoms with van der Waals surface area (Å²) in [5.74, 6) is -0.682. The van der Waals surface area contributed by atoms with Crippen molar-refractivity contribution in [2.24, 2.45) is 0 Å². The van der Waals surface area contributed by atoms with Crippen LogP contribution in [0.25, 0.3) is 0 Å². The molecule has 5 heteroatoms. The molecule has 5 N–H and O–H groups in total. The number of rotatable bonds is 4. The molecule has 0 aromatic rings. The van der Waals surface area contributed by atoms with Crippen LogP contribution in [0, 0.1) is 0 Å². The fourth-order valence-corrected chi connectivity index (χ4v) is 0.526. The molecule has 0 saturated carbocycles. The van der Waals surface area contributed by atoms with Gasteiger partial charge in [0.1, 0.15) is 0 Å². The van der Waals surface area contributed by atoms with Gasteiger partial charge in [0.25, 0.3) is 0 Å². The number of unbranched alkanes of at least 4 members (excludes halogenated alkanes) is 2. The van der Waals surface area contributed by atoms with Gasteiger partial charge < -0.3 is 16.1 Å². The van der Waals surface area contributed by atoms with Gasteiger partial charge in [-0.2, -0.15) is 0 Å². The minimum atomic E-state index is -0.682. The van der Waals surface area contributed by atoms with E-state index in [4.69, 9.17) is 5.11 Å². The molecule has 0 aliphatic rings. The van der Waals surface area contributed by atoms with Crippen molar-refractivity contribution >= 4 is 5.97 Å². The van der Waals surface area contributed by atoms with E-state index in [0.29, 0.717) is 6.42 Å². The summed E-state index contributed by atoms with van der Waals surface area (Å²) in [7, 11) is 0. The second-order valence-electron chi connectivity index (χ2n) is 1.85. The first-order valence-corrected chi connectivity index (χ1v) is 2.99. The maximum atomic E-state index is 9.87. The number of carbonyl (C=O) groups is 1. The number of carboxylic acid groups (broad SMARTS) is 1. The van der Waals surface area contributed by atoms with Crippen LogP contribution in [0.1, 0.15) is 32.6 Å². The Morgan fingerprint density at radius 2 is 1.73 bits per heavy atom. The molecular formula is C6H16O4Zn. The molecule has 0 aromatic heterocycles. The quantitative estimate of drug-likeness (QED) is 0.529. The van der Waals surface area contributed by atoms with Gasteiger partial charge >= 0.3 is 5.97 Å². The Labute approximate surface area is 79.4 Å². The van der Waals surface area contributed by atoms with E-state index in [1.807, 2.05) is 0 Å². The van der Waals surface area contributed by atoms with Crippen molar-refractivity contribution in [2.75, 3.05) is 0 Å². The normalized spacial score (nSPS) is 6.64. The van der Waals surface area contributed by atoms with Crippen molar-refractivity contribution < 1.29 is 40.3 Å². The van der Waals surface area contributed by atoms with E-state index in [1.165, 1.54) is 0 Å². The number of carboxylic acids is 1. The van der Waals surface area contributed by atoms with E-state index in [0.717, 1.165) is 19.3 Å². The topological polar surface area (TPSA) is 100 Å². The average molecular weight is 218 g/mol. The van der Waals surface area contributed by atoms with Gasteiger partial charge in [0.2, 0.25) is 0 Å². The van der Waals surface area contributed by atoms with Gasteiger partial charge in [-0.3, -0.25) is 4.79 Å². The van der Waals surface area contributed by atoms with Gasteiger partial charge in [0.05, 0.1) is 0 Å². The van der Waals surface area contributed by atoms with Crippen molar-refractivity contribution in [3.05, 3.63) is 0 Å². The van der Waals surface area contributed by atoms with Crippen LogP contribution in [-0.4, -0.2) is 22.0 Å². The van der Waals surface area contributed by atoms with Crippen molar-refractivity contribution in [3.63, 3.8) is 0 Å². The molecule has 0 aromatic carbocycles. The smallest absolute Gasteiger partial charge is 0.303 e. The second kappa shape index (κ2) is 16.5. The molecule has 0 unspecified atom stereocenters. The SMILES string of the molecule is CCCCCC(=O)O.O.O.[Zn]. The first kappa shape index (κ1) is 22.5. The van der Waals surface area contributed by atoms with E-state index in [2.05, 4.69) is 6.92 Å². The van der Waals surface area contributed by atoms with Crippen LogP contribution in [0.3, 0.4) is 0 Å². The van der Waals surface area contributed by atoms with Crippen LogP contribution in [0.15, 0.2) is 0 Å². The Bertz CT molecular complexity index is 77.0. The number of aliphatic carboxylic acids is 1. The third-order valence-electron chi connectivity index (χ3n) is 0.994. The minimum absolute atomic E-state index is 0. The fraction of sp³-hybridized carbons (Fsp3) is 0.833. The third kappa shape index (κ3) is 25.6. The minimum Gasteiger partial charge on any atom is -0.481 e. The molecule has 0 bridgehead atoms. The van der Waals surface area contributed by atoms with Crippen LogP contribution in [-0.2, 0) is 24.3 Å². The van der Waals surface area contributed by atoms with Gasteiger partial charge in [-0.05, 0) is 6.42 Å². The molecule has 0 rings (SSSR count). The van der Waals surface area contributed by atoms with Crippen molar-refractivity contribution in [3.8, 4) is 0 Å². The predicted octanol–water partition coefficient (Wildman–Crippen LogP) is -0.000600. The van der Waals surface area contributed by atoms with Crippen molar-refractivity contribution in [1.29, 1.82) is 0 Å². The van der Waals surface area contributed by atoms with E-state index in [1.54, 1.807) is 0 Å². The maximum absolute atomic E-state index is 9.87. The summed E-state index contributed by atoms with van der Waals surface area (Å²) < 4.78 is 0. The molecule has 0 fully saturated rings. The zero-order chi connectivity index (χ0) is 6.41. The Morgan fingerprint density at radius 1 is 1.27 bits per heavy atom. The Hall–Kier alpha value is 0.0134. The summed E-state index contributed by atoms with van der Waals surface area (Å²) >= 11 is 0. The Balaban J connectivity index is -0.0000000817. The van der Waals surface area contributed by atoms with E-state index in [-0.39, 0.29) is 30.4 Å². The molecular weight excluding hydrogens is 201 g/mol. The molecule has 11 heavy (non-hydrogen) atoms. The molecule has 66 valence electrons. The zero-order valence-electron chi connectivity index (χ0n) is 6.89. The van der Waals surface area contributed by atoms with Crippen LogP contribution >= 0.6 is 0 Å². The summed E-state index contributed by atoms with van der Waals surface area (Å²) in [4.78, 5) is 9.87. The van der Waals surface area contributed by atoms with Gasteiger partial charge in [0.15, 0.2) is 0 Å². The number of hydrogen-bond donors (Lipinski definition) is 1. The molecule has 4 nitrogen and oxygen atoms in total. The van der Waals surface area contributed by atoms with Gasteiger partial charge in [-0.15, -0.1) is 0 Å². The van der Waals surface area contributed by atoms with Crippen LogP contribution in [0.2, 0.25) is 0 Å². The molecule has 0 saturated heterocycles. The first-order chi connectivity index (χ1) is 3.77. The molecule has 0 aliphatic heterocycles. The molecule has 0 heterocycles. The maximum Gasteiger partial charge on any atom is 0.303 e. The van der Waals surface area contributed by atoms with E-state index >= 15 is 0 Å². The van der Waals surface area contributed by atoms with Crippen molar-refractivity contribution in [1.82, 2.24) is 0 Å². The predicted molar refractivity (Wildman–Crippen MR) is 39.0 cm³/mol. The summed E-state index contributed by atoms with van der Waals surface area (Å²) in [5.41, 5.74) is 0. The third-order valence-corrected chi connectivity index (χ3v) is 0.994. The van der Waals surface area contributed by atoms with Crippen LogP contribution in [0.4, 0.5) is 0 Å². The fourth-order valence-electron chi connectivity index (χ4n) is 0.526. The van der Waals surface area contributed by atoms with E-state index < -0.39 is 5.97 Å². The molecule has 0 spiro atoms. The van der Waals surface area contributed by atoms with Gasteiger partial charge in [-0.1, -0.05) is 19.8 Å². The van der Waals surface area contributed by atoms with Crippen molar-refractivity contribution in [2.45, 2.75) is 32.6 Å². The zero-order valence-corrected chi connectivity index (χ0v) is 9.86.